The van der Waals surface area contributed by atoms with Crippen molar-refractivity contribution < 1.29 is 9.59 Å². The quantitative estimate of drug-likeness (QED) is 0.709. The minimum Gasteiger partial charge on any atom is -0.350 e. The summed E-state index contributed by atoms with van der Waals surface area (Å²) in [5.74, 6) is -0.195. The van der Waals surface area contributed by atoms with Gasteiger partial charge in [-0.3, -0.25) is 9.59 Å². The molecule has 7 heteroatoms. The summed E-state index contributed by atoms with van der Waals surface area (Å²) in [6.07, 6.45) is 2.26. The number of rotatable bonds is 5. The highest BCUT2D eigenvalue weighted by Gasteiger charge is 2.22. The zero-order valence-corrected chi connectivity index (χ0v) is 16.3. The molecule has 1 N–H and O–H groups in total. The van der Waals surface area contributed by atoms with Crippen molar-refractivity contribution in [3.05, 3.63) is 57.7 Å². The van der Waals surface area contributed by atoms with E-state index in [9.17, 15) is 9.59 Å². The molecule has 0 bridgehead atoms. The predicted molar refractivity (Wildman–Crippen MR) is 109 cm³/mol. The highest BCUT2D eigenvalue weighted by atomic mass is 32.1. The number of aryl methyl sites for hydroxylation is 1. The summed E-state index contributed by atoms with van der Waals surface area (Å²) in [6, 6.07) is 10.0. The third-order valence-corrected chi connectivity index (χ3v) is 6.12. The van der Waals surface area contributed by atoms with Crippen LogP contribution >= 0.6 is 22.7 Å². The largest absolute Gasteiger partial charge is 0.350 e. The Morgan fingerprint density at radius 1 is 1.19 bits per heavy atom. The fourth-order valence-electron chi connectivity index (χ4n) is 3.20. The van der Waals surface area contributed by atoms with Crippen molar-refractivity contribution in [3.63, 3.8) is 0 Å². The number of thiophene rings is 1. The third-order valence-electron chi connectivity index (χ3n) is 4.54. The van der Waals surface area contributed by atoms with Crippen LogP contribution < -0.4 is 10.2 Å². The molecule has 27 heavy (non-hydrogen) atoms. The van der Waals surface area contributed by atoms with E-state index in [0.717, 1.165) is 35.6 Å². The van der Waals surface area contributed by atoms with E-state index < -0.39 is 0 Å². The van der Waals surface area contributed by atoms with E-state index in [4.69, 9.17) is 0 Å². The summed E-state index contributed by atoms with van der Waals surface area (Å²) < 4.78 is 0. The number of carbonyl (C=O) groups excluding carboxylic acids is 2. The molecule has 0 atom stereocenters. The van der Waals surface area contributed by atoms with Gasteiger partial charge in [0.05, 0.1) is 0 Å². The Balaban J connectivity index is 1.32. The van der Waals surface area contributed by atoms with Gasteiger partial charge in [-0.25, -0.2) is 4.98 Å². The number of para-hydroxylation sites is 1. The zero-order valence-electron chi connectivity index (χ0n) is 14.7. The number of nitrogens with zero attached hydrogens (tertiary/aromatic N) is 2. The lowest BCUT2D eigenvalue weighted by molar-refractivity contribution is -0.118. The maximum absolute atomic E-state index is 12.6. The number of fused-ring (bicyclic) bond motifs is 1. The van der Waals surface area contributed by atoms with Crippen LogP contribution in [0.15, 0.2) is 46.5 Å². The third kappa shape index (κ3) is 3.94. The normalized spacial score (nSPS) is 13.3. The van der Waals surface area contributed by atoms with Gasteiger partial charge in [-0.2, -0.15) is 11.3 Å². The average Bonchev–Trinajstić information content (AvgIpc) is 3.39. The molecule has 0 spiro atoms. The molecule has 3 aromatic rings. The number of anilines is 1. The maximum atomic E-state index is 12.6. The predicted octanol–water partition coefficient (Wildman–Crippen LogP) is 3.97. The Bertz CT molecular complexity index is 950. The molecule has 0 saturated carbocycles. The van der Waals surface area contributed by atoms with E-state index in [1.165, 1.54) is 16.9 Å². The van der Waals surface area contributed by atoms with E-state index in [2.05, 4.69) is 16.4 Å². The topological polar surface area (TPSA) is 62.3 Å². The van der Waals surface area contributed by atoms with Gasteiger partial charge in [0.2, 0.25) is 5.91 Å². The van der Waals surface area contributed by atoms with E-state index in [0.29, 0.717) is 12.2 Å². The lowest BCUT2D eigenvalue weighted by Crippen LogP contribution is -2.37. The molecule has 2 aromatic heterocycles. The van der Waals surface area contributed by atoms with Crippen molar-refractivity contribution in [1.82, 2.24) is 10.3 Å². The second kappa shape index (κ2) is 8.02. The van der Waals surface area contributed by atoms with Crippen LogP contribution in [0.1, 0.15) is 28.9 Å². The Morgan fingerprint density at radius 2 is 2.07 bits per heavy atom. The first-order valence-electron chi connectivity index (χ1n) is 8.87. The summed E-state index contributed by atoms with van der Waals surface area (Å²) in [6.45, 7) is 1.04. The van der Waals surface area contributed by atoms with E-state index in [-0.39, 0.29) is 18.2 Å². The van der Waals surface area contributed by atoms with Crippen LogP contribution in [-0.2, 0) is 11.2 Å². The van der Waals surface area contributed by atoms with Crippen molar-refractivity contribution in [3.8, 4) is 10.6 Å². The number of aromatic nitrogens is 1. The molecule has 1 aromatic carbocycles. The molecule has 4 rings (SSSR count). The van der Waals surface area contributed by atoms with Crippen molar-refractivity contribution in [2.45, 2.75) is 19.3 Å². The fraction of sp³-hybridized carbons (Fsp3) is 0.250. The monoisotopic (exact) mass is 397 g/mol. The summed E-state index contributed by atoms with van der Waals surface area (Å²) >= 11 is 3.05. The Kier molecular flexibility index (Phi) is 5.31. The van der Waals surface area contributed by atoms with Gasteiger partial charge < -0.3 is 10.2 Å². The van der Waals surface area contributed by atoms with Crippen molar-refractivity contribution in [2.75, 3.05) is 18.0 Å². The van der Waals surface area contributed by atoms with Gasteiger partial charge in [0.25, 0.3) is 5.91 Å². The minimum absolute atomic E-state index is 0.0414. The molecule has 1 aliphatic heterocycles. The Hall–Kier alpha value is -2.51. The zero-order chi connectivity index (χ0) is 18.6. The number of hydrogen-bond acceptors (Lipinski definition) is 5. The second-order valence-electron chi connectivity index (χ2n) is 6.33. The number of nitrogens with one attached hydrogen (secondary N) is 1. The molecule has 0 radical (unpaired) electrons. The minimum atomic E-state index is -0.237. The fourth-order valence-corrected chi connectivity index (χ4v) is 4.71. The van der Waals surface area contributed by atoms with Gasteiger partial charge in [-0.1, -0.05) is 18.2 Å². The van der Waals surface area contributed by atoms with Gasteiger partial charge in [0, 0.05) is 41.5 Å². The first-order chi connectivity index (χ1) is 13.2. The summed E-state index contributed by atoms with van der Waals surface area (Å²) in [5.41, 5.74) is 3.64. The lowest BCUT2D eigenvalue weighted by Gasteiger charge is -2.29. The summed E-state index contributed by atoms with van der Waals surface area (Å²) in [4.78, 5) is 31.1. The molecule has 0 saturated heterocycles. The molecule has 5 nitrogen and oxygen atoms in total. The number of amides is 2. The van der Waals surface area contributed by atoms with E-state index in [1.807, 2.05) is 39.9 Å². The van der Waals surface area contributed by atoms with Gasteiger partial charge in [-0.15, -0.1) is 11.3 Å². The molecule has 0 unspecified atom stereocenters. The Morgan fingerprint density at radius 3 is 2.93 bits per heavy atom. The van der Waals surface area contributed by atoms with Crippen LogP contribution in [0, 0.1) is 0 Å². The summed E-state index contributed by atoms with van der Waals surface area (Å²) in [5, 5.41) is 9.40. The van der Waals surface area contributed by atoms with Crippen LogP contribution in [0.4, 0.5) is 5.69 Å². The molecule has 0 aliphatic carbocycles. The highest BCUT2D eigenvalue weighted by molar-refractivity contribution is 7.14. The summed E-state index contributed by atoms with van der Waals surface area (Å²) in [7, 11) is 0. The van der Waals surface area contributed by atoms with Crippen LogP contribution in [0.3, 0.4) is 0 Å². The second-order valence-corrected chi connectivity index (χ2v) is 7.97. The number of thiazole rings is 1. The first kappa shape index (κ1) is 17.9. The average molecular weight is 398 g/mol. The molecule has 1 aliphatic rings. The number of hydrogen-bond donors (Lipinski definition) is 1. The van der Waals surface area contributed by atoms with Crippen LogP contribution in [0.25, 0.3) is 10.6 Å². The van der Waals surface area contributed by atoms with Crippen LogP contribution in [-0.4, -0.2) is 29.9 Å². The number of benzene rings is 1. The van der Waals surface area contributed by atoms with Gasteiger partial charge in [-0.05, 0) is 35.9 Å². The van der Waals surface area contributed by atoms with Gasteiger partial charge >= 0.3 is 0 Å². The number of carbonyl (C=O) groups is 2. The molecule has 0 fully saturated rings. The van der Waals surface area contributed by atoms with Crippen molar-refractivity contribution >= 4 is 40.2 Å². The maximum Gasteiger partial charge on any atom is 0.270 e. The van der Waals surface area contributed by atoms with Gasteiger partial charge in [0.1, 0.15) is 10.7 Å². The van der Waals surface area contributed by atoms with Crippen molar-refractivity contribution in [1.29, 1.82) is 0 Å². The van der Waals surface area contributed by atoms with Crippen LogP contribution in [0.2, 0.25) is 0 Å². The molecule has 3 heterocycles. The smallest absolute Gasteiger partial charge is 0.270 e. The highest BCUT2D eigenvalue weighted by Crippen LogP contribution is 2.27. The van der Waals surface area contributed by atoms with E-state index >= 15 is 0 Å². The standard InChI is InChI=1S/C20H19N3O2S2/c24-18(23-10-3-5-14-4-1-2-6-17(14)23)7-9-21-19(25)16-13-27-20(22-16)15-8-11-26-12-15/h1-2,4,6,8,11-13H,3,5,7,9-10H2,(H,21,25). The molecule has 2 amide bonds. The lowest BCUT2D eigenvalue weighted by atomic mass is 10.0. The van der Waals surface area contributed by atoms with Crippen LogP contribution in [0.5, 0.6) is 0 Å². The van der Waals surface area contributed by atoms with Gasteiger partial charge in [0.15, 0.2) is 0 Å². The molecular formula is C20H19N3O2S2. The van der Waals surface area contributed by atoms with E-state index in [1.54, 1.807) is 16.7 Å². The first-order valence-corrected chi connectivity index (χ1v) is 10.7. The SMILES string of the molecule is O=C(NCCC(=O)N1CCCc2ccccc21)c1csc(-c2ccsc2)n1. The van der Waals surface area contributed by atoms with Crippen molar-refractivity contribution in [2.24, 2.45) is 0 Å². The molecular weight excluding hydrogens is 378 g/mol. The Labute approximate surface area is 165 Å². The molecule has 138 valence electrons.